The molecule has 1 aliphatic carbocycles. The van der Waals surface area contributed by atoms with E-state index in [9.17, 15) is 44.7 Å². The minimum absolute atomic E-state index is 0.0205. The van der Waals surface area contributed by atoms with E-state index in [0.29, 0.717) is 0 Å². The predicted molar refractivity (Wildman–Crippen MR) is 105 cm³/mol. The first-order chi connectivity index (χ1) is 15.5. The fraction of sp³-hybridized carbons (Fsp3) is 0.650. The number of carbonyl (C=O) groups is 2. The van der Waals surface area contributed by atoms with Gasteiger partial charge in [0.25, 0.3) is 0 Å². The standard InChI is InChI=1S/C20H24F8N4O2/c21-18(22)5-1-11(2-6-18)16(29)17(34)32-14-9-12(4-8-30-14)13(10-20(26,27)28)31-15(33)3-7-19(23,24)25/h4,8-9,11,13,16H,1-3,5-7,10,29H2,(H,31,33)(H,30,32,34)/t13?,16-/m0/s1. The van der Waals surface area contributed by atoms with Crippen molar-refractivity contribution < 1.29 is 44.7 Å². The molecule has 1 fully saturated rings. The van der Waals surface area contributed by atoms with Gasteiger partial charge in [0, 0.05) is 25.5 Å². The molecule has 1 heterocycles. The van der Waals surface area contributed by atoms with Crippen LogP contribution in [-0.2, 0) is 9.59 Å². The maximum Gasteiger partial charge on any atom is 0.391 e. The molecule has 2 rings (SSSR count). The van der Waals surface area contributed by atoms with E-state index in [0.717, 1.165) is 18.3 Å². The molecule has 2 amide bonds. The molecule has 4 N–H and O–H groups in total. The maximum atomic E-state index is 13.3. The van der Waals surface area contributed by atoms with Crippen molar-refractivity contribution in [1.29, 1.82) is 0 Å². The van der Waals surface area contributed by atoms with Crippen LogP contribution >= 0.6 is 0 Å². The molecule has 1 aromatic heterocycles. The fourth-order valence-corrected chi connectivity index (χ4v) is 3.58. The lowest BCUT2D eigenvalue weighted by atomic mass is 9.82. The van der Waals surface area contributed by atoms with Gasteiger partial charge in [-0.1, -0.05) is 0 Å². The van der Waals surface area contributed by atoms with E-state index in [1.54, 1.807) is 0 Å². The molecule has 0 spiro atoms. The molecular weight excluding hydrogens is 480 g/mol. The Morgan fingerprint density at radius 1 is 1.12 bits per heavy atom. The molecule has 0 saturated heterocycles. The minimum atomic E-state index is -4.76. The average molecular weight is 504 g/mol. The van der Waals surface area contributed by atoms with Crippen molar-refractivity contribution in [3.8, 4) is 0 Å². The zero-order valence-corrected chi connectivity index (χ0v) is 17.8. The van der Waals surface area contributed by atoms with Crippen LogP contribution in [0.1, 0.15) is 56.6 Å². The Labute approximate surface area is 189 Å². The first kappa shape index (κ1) is 27.7. The minimum Gasteiger partial charge on any atom is -0.349 e. The molecule has 1 unspecified atom stereocenters. The van der Waals surface area contributed by atoms with Crippen molar-refractivity contribution in [1.82, 2.24) is 10.3 Å². The molecule has 1 aliphatic rings. The van der Waals surface area contributed by atoms with Gasteiger partial charge in [-0.3, -0.25) is 9.59 Å². The van der Waals surface area contributed by atoms with Gasteiger partial charge < -0.3 is 16.4 Å². The highest BCUT2D eigenvalue weighted by Gasteiger charge is 2.39. The van der Waals surface area contributed by atoms with Crippen LogP contribution in [0.2, 0.25) is 0 Å². The van der Waals surface area contributed by atoms with Gasteiger partial charge in [-0.15, -0.1) is 0 Å². The maximum absolute atomic E-state index is 13.3. The largest absolute Gasteiger partial charge is 0.391 e. The van der Waals surface area contributed by atoms with E-state index in [-0.39, 0.29) is 24.2 Å². The molecule has 192 valence electrons. The SMILES string of the molecule is N[C@H](C(=O)Nc1cc(C(CC(F)(F)F)NC(=O)CCC(F)(F)F)ccn1)C1CCC(F)(F)CC1. The van der Waals surface area contributed by atoms with Gasteiger partial charge in [0.15, 0.2) is 0 Å². The molecular formula is C20H24F8N4O2. The van der Waals surface area contributed by atoms with E-state index in [4.69, 9.17) is 5.73 Å². The Bertz CT molecular complexity index is 850. The quantitative estimate of drug-likeness (QED) is 0.450. The average Bonchev–Trinajstić information content (AvgIpc) is 2.70. The number of rotatable bonds is 8. The monoisotopic (exact) mass is 504 g/mol. The van der Waals surface area contributed by atoms with Gasteiger partial charge in [0.05, 0.1) is 24.9 Å². The third-order valence-corrected chi connectivity index (χ3v) is 5.42. The van der Waals surface area contributed by atoms with E-state index in [2.05, 4.69) is 10.3 Å². The number of carbonyl (C=O) groups excluding carboxylic acids is 2. The second kappa shape index (κ2) is 10.8. The lowest BCUT2D eigenvalue weighted by molar-refractivity contribution is -0.149. The number of aromatic nitrogens is 1. The van der Waals surface area contributed by atoms with Crippen LogP contribution in [0.5, 0.6) is 0 Å². The highest BCUT2D eigenvalue weighted by Crippen LogP contribution is 2.37. The summed E-state index contributed by atoms with van der Waals surface area (Å²) < 4.78 is 103. The smallest absolute Gasteiger partial charge is 0.349 e. The third kappa shape index (κ3) is 9.39. The highest BCUT2D eigenvalue weighted by molar-refractivity contribution is 5.94. The summed E-state index contributed by atoms with van der Waals surface area (Å²) in [6, 6.07) is -0.748. The summed E-state index contributed by atoms with van der Waals surface area (Å²) in [7, 11) is 0. The highest BCUT2D eigenvalue weighted by atomic mass is 19.4. The fourth-order valence-electron chi connectivity index (χ4n) is 3.58. The Kier molecular flexibility index (Phi) is 8.83. The molecule has 0 aromatic carbocycles. The zero-order chi connectivity index (χ0) is 25.7. The van der Waals surface area contributed by atoms with Gasteiger partial charge in [-0.2, -0.15) is 26.3 Å². The molecule has 14 heteroatoms. The molecule has 2 atom stereocenters. The Morgan fingerprint density at radius 3 is 2.29 bits per heavy atom. The van der Waals surface area contributed by atoms with Gasteiger partial charge in [-0.25, -0.2) is 13.8 Å². The van der Waals surface area contributed by atoms with Crippen LogP contribution in [0.4, 0.5) is 40.9 Å². The first-order valence-electron chi connectivity index (χ1n) is 10.4. The number of hydrogen-bond acceptors (Lipinski definition) is 4. The number of anilines is 1. The lowest BCUT2D eigenvalue weighted by Gasteiger charge is -2.31. The predicted octanol–water partition coefficient (Wildman–Crippen LogP) is 4.63. The van der Waals surface area contributed by atoms with E-state index >= 15 is 0 Å². The van der Waals surface area contributed by atoms with Crippen LogP contribution in [0, 0.1) is 5.92 Å². The number of amides is 2. The number of hydrogen-bond donors (Lipinski definition) is 3. The van der Waals surface area contributed by atoms with Crippen LogP contribution in [-0.4, -0.2) is 41.1 Å². The molecule has 1 aromatic rings. The topological polar surface area (TPSA) is 97.1 Å². The lowest BCUT2D eigenvalue weighted by Crippen LogP contribution is -2.44. The number of nitrogens with zero attached hydrogens (tertiary/aromatic N) is 1. The third-order valence-electron chi connectivity index (χ3n) is 5.42. The summed E-state index contributed by atoms with van der Waals surface area (Å²) in [6.07, 6.45) is -13.3. The van der Waals surface area contributed by atoms with Crippen LogP contribution in [0.15, 0.2) is 18.3 Å². The van der Waals surface area contributed by atoms with Crippen LogP contribution in [0.25, 0.3) is 0 Å². The molecule has 6 nitrogen and oxygen atoms in total. The van der Waals surface area contributed by atoms with Crippen molar-refractivity contribution in [2.24, 2.45) is 11.7 Å². The molecule has 0 bridgehead atoms. The summed E-state index contributed by atoms with van der Waals surface area (Å²) >= 11 is 0. The molecule has 34 heavy (non-hydrogen) atoms. The van der Waals surface area contributed by atoms with Crippen molar-refractivity contribution in [3.63, 3.8) is 0 Å². The van der Waals surface area contributed by atoms with Gasteiger partial charge in [0.1, 0.15) is 5.82 Å². The first-order valence-corrected chi connectivity index (χ1v) is 10.4. The second-order valence-electron chi connectivity index (χ2n) is 8.24. The van der Waals surface area contributed by atoms with Crippen molar-refractivity contribution >= 4 is 17.6 Å². The Balaban J connectivity index is 2.09. The van der Waals surface area contributed by atoms with E-state index in [1.165, 1.54) is 0 Å². The Hall–Kier alpha value is -2.51. The molecule has 0 radical (unpaired) electrons. The van der Waals surface area contributed by atoms with Gasteiger partial charge >= 0.3 is 12.4 Å². The van der Waals surface area contributed by atoms with Crippen molar-refractivity contribution in [2.75, 3.05) is 5.32 Å². The number of nitrogens with one attached hydrogen (secondary N) is 2. The van der Waals surface area contributed by atoms with Gasteiger partial charge in [-0.05, 0) is 36.5 Å². The summed E-state index contributed by atoms with van der Waals surface area (Å²) in [4.78, 5) is 28.0. The van der Waals surface area contributed by atoms with E-state index in [1.807, 2.05) is 5.32 Å². The van der Waals surface area contributed by atoms with E-state index < -0.39 is 80.2 Å². The zero-order valence-electron chi connectivity index (χ0n) is 17.8. The van der Waals surface area contributed by atoms with Crippen LogP contribution < -0.4 is 16.4 Å². The summed E-state index contributed by atoms with van der Waals surface area (Å²) in [6.45, 7) is 0. The van der Waals surface area contributed by atoms with Gasteiger partial charge in [0.2, 0.25) is 17.7 Å². The normalized spacial score (nSPS) is 18.7. The second-order valence-corrected chi connectivity index (χ2v) is 8.24. The number of nitrogens with two attached hydrogens (primary N) is 1. The van der Waals surface area contributed by atoms with Crippen molar-refractivity contribution in [3.05, 3.63) is 23.9 Å². The number of halogens is 8. The molecule has 0 aliphatic heterocycles. The van der Waals surface area contributed by atoms with Crippen LogP contribution in [0.3, 0.4) is 0 Å². The summed E-state index contributed by atoms with van der Waals surface area (Å²) in [5.41, 5.74) is 5.70. The summed E-state index contributed by atoms with van der Waals surface area (Å²) in [5, 5.41) is 4.24. The van der Waals surface area contributed by atoms with Crippen molar-refractivity contribution in [2.45, 2.75) is 75.3 Å². The molecule has 1 saturated carbocycles. The number of pyridine rings is 1. The number of alkyl halides is 8. The summed E-state index contributed by atoms with van der Waals surface area (Å²) in [5.74, 6) is -5.56. The Morgan fingerprint density at radius 2 is 1.74 bits per heavy atom.